The highest BCUT2D eigenvalue weighted by molar-refractivity contribution is 5.17. The summed E-state index contributed by atoms with van der Waals surface area (Å²) < 4.78 is 27.5. The minimum Gasteiger partial charge on any atom is -0.323 e. The van der Waals surface area contributed by atoms with Gasteiger partial charge in [0.15, 0.2) is 0 Å². The number of rotatable bonds is 5. The molecule has 0 aliphatic heterocycles. The molecule has 14 heavy (non-hydrogen) atoms. The van der Waals surface area contributed by atoms with Gasteiger partial charge in [0, 0.05) is 0 Å². The largest absolute Gasteiger partial charge is 0.345 e. The summed E-state index contributed by atoms with van der Waals surface area (Å²) in [5.74, 6) is 0.239. The van der Waals surface area contributed by atoms with Gasteiger partial charge in [0.05, 0.1) is 6.61 Å². The number of ether oxygens (including phenoxy) is 1. The monoisotopic (exact) mass is 199 g/mol. The SMILES string of the molecule is CC(CCOC(F)F)c1cc[c]cc1. The first-order valence-electron chi connectivity index (χ1n) is 4.56. The van der Waals surface area contributed by atoms with Crippen molar-refractivity contribution in [3.8, 4) is 0 Å². The second-order valence-corrected chi connectivity index (χ2v) is 3.15. The molecule has 1 unspecified atom stereocenters. The van der Waals surface area contributed by atoms with Crippen LogP contribution in [0.4, 0.5) is 8.78 Å². The van der Waals surface area contributed by atoms with Crippen molar-refractivity contribution in [1.29, 1.82) is 0 Å². The fraction of sp³-hybridized carbons (Fsp3) is 0.455. The first-order valence-corrected chi connectivity index (χ1v) is 4.56. The molecule has 1 aromatic rings. The molecule has 0 saturated heterocycles. The number of hydrogen-bond acceptors (Lipinski definition) is 1. The Hall–Kier alpha value is -0.960. The molecule has 1 atom stereocenters. The lowest BCUT2D eigenvalue weighted by atomic mass is 9.98. The predicted octanol–water partition coefficient (Wildman–Crippen LogP) is 3.22. The van der Waals surface area contributed by atoms with Crippen LogP contribution >= 0.6 is 0 Å². The van der Waals surface area contributed by atoms with Crippen LogP contribution in [0.5, 0.6) is 0 Å². The van der Waals surface area contributed by atoms with Crippen LogP contribution in [-0.2, 0) is 4.74 Å². The maximum atomic E-state index is 11.7. The average Bonchev–Trinajstić information content (AvgIpc) is 2.18. The van der Waals surface area contributed by atoms with E-state index in [-0.39, 0.29) is 12.5 Å². The zero-order valence-electron chi connectivity index (χ0n) is 8.04. The van der Waals surface area contributed by atoms with Crippen LogP contribution in [0.1, 0.15) is 24.8 Å². The van der Waals surface area contributed by atoms with Crippen molar-refractivity contribution < 1.29 is 13.5 Å². The van der Waals surface area contributed by atoms with E-state index in [1.807, 2.05) is 31.2 Å². The van der Waals surface area contributed by atoms with Crippen molar-refractivity contribution >= 4 is 0 Å². The summed E-state index contributed by atoms with van der Waals surface area (Å²) in [5, 5.41) is 0. The molecule has 0 heterocycles. The summed E-state index contributed by atoms with van der Waals surface area (Å²) in [5.41, 5.74) is 1.13. The third-order valence-corrected chi connectivity index (χ3v) is 2.11. The average molecular weight is 199 g/mol. The van der Waals surface area contributed by atoms with E-state index in [0.29, 0.717) is 6.42 Å². The molecule has 0 N–H and O–H groups in total. The smallest absolute Gasteiger partial charge is 0.323 e. The Bertz CT molecular complexity index is 249. The topological polar surface area (TPSA) is 9.23 Å². The fourth-order valence-electron chi connectivity index (χ4n) is 1.23. The van der Waals surface area contributed by atoms with E-state index >= 15 is 0 Å². The Morgan fingerprint density at radius 2 is 2.00 bits per heavy atom. The molecule has 0 fully saturated rings. The lowest BCUT2D eigenvalue weighted by Gasteiger charge is -2.11. The summed E-state index contributed by atoms with van der Waals surface area (Å²) in [7, 11) is 0. The fourth-order valence-corrected chi connectivity index (χ4v) is 1.23. The molecule has 1 radical (unpaired) electrons. The lowest BCUT2D eigenvalue weighted by molar-refractivity contribution is -0.129. The summed E-state index contributed by atoms with van der Waals surface area (Å²) in [6.07, 6.45) is 0.606. The van der Waals surface area contributed by atoms with Gasteiger partial charge in [0.2, 0.25) is 0 Å². The van der Waals surface area contributed by atoms with Crippen molar-refractivity contribution in [3.05, 3.63) is 35.9 Å². The molecular weight excluding hydrogens is 186 g/mol. The number of hydrogen-bond donors (Lipinski definition) is 0. The molecule has 0 bridgehead atoms. The molecule has 0 amide bonds. The first-order chi connectivity index (χ1) is 6.70. The van der Waals surface area contributed by atoms with E-state index in [4.69, 9.17) is 0 Å². The van der Waals surface area contributed by atoms with Crippen molar-refractivity contribution in [2.24, 2.45) is 0 Å². The summed E-state index contributed by atoms with van der Waals surface area (Å²) in [4.78, 5) is 0. The van der Waals surface area contributed by atoms with Gasteiger partial charge >= 0.3 is 6.61 Å². The Balaban J connectivity index is 2.32. The number of halogens is 2. The lowest BCUT2D eigenvalue weighted by Crippen LogP contribution is -2.04. The molecule has 1 nitrogen and oxygen atoms in total. The Labute approximate surface area is 82.7 Å². The molecular formula is C11H13F2O. The van der Waals surface area contributed by atoms with E-state index in [2.05, 4.69) is 10.8 Å². The third-order valence-electron chi connectivity index (χ3n) is 2.11. The van der Waals surface area contributed by atoms with Crippen LogP contribution < -0.4 is 0 Å². The van der Waals surface area contributed by atoms with Gasteiger partial charge in [0.25, 0.3) is 0 Å². The van der Waals surface area contributed by atoms with Crippen molar-refractivity contribution in [1.82, 2.24) is 0 Å². The number of alkyl halides is 2. The van der Waals surface area contributed by atoms with Gasteiger partial charge in [0.1, 0.15) is 0 Å². The first kappa shape index (κ1) is 11.1. The second-order valence-electron chi connectivity index (χ2n) is 3.15. The Morgan fingerprint density at radius 3 is 2.57 bits per heavy atom. The third kappa shape index (κ3) is 3.83. The van der Waals surface area contributed by atoms with Gasteiger partial charge in [-0.3, -0.25) is 0 Å². The van der Waals surface area contributed by atoms with Gasteiger partial charge in [-0.2, -0.15) is 8.78 Å². The standard InChI is InChI=1S/C11H13F2O/c1-9(7-8-14-11(12)13)10-5-3-2-4-6-10/h3-6,9,11H,7-8H2,1H3. The second kappa shape index (κ2) is 5.70. The maximum absolute atomic E-state index is 11.7. The predicted molar refractivity (Wildman–Crippen MR) is 50.3 cm³/mol. The Kier molecular flexibility index (Phi) is 4.53. The molecule has 0 aliphatic carbocycles. The molecule has 0 aromatic heterocycles. The van der Waals surface area contributed by atoms with Gasteiger partial charge in [-0.15, -0.1) is 0 Å². The van der Waals surface area contributed by atoms with Gasteiger partial charge < -0.3 is 4.74 Å². The van der Waals surface area contributed by atoms with Crippen LogP contribution in [0.25, 0.3) is 0 Å². The highest BCUT2D eigenvalue weighted by atomic mass is 19.3. The summed E-state index contributed by atoms with van der Waals surface area (Å²) in [6, 6.07) is 10.4. The van der Waals surface area contributed by atoms with Gasteiger partial charge in [-0.25, -0.2) is 0 Å². The van der Waals surface area contributed by atoms with Gasteiger partial charge in [-0.05, 0) is 24.0 Å². The molecule has 1 aromatic carbocycles. The van der Waals surface area contributed by atoms with Crippen LogP contribution in [0, 0.1) is 6.07 Å². The number of benzene rings is 1. The van der Waals surface area contributed by atoms with E-state index in [0.717, 1.165) is 5.56 Å². The van der Waals surface area contributed by atoms with E-state index in [9.17, 15) is 8.78 Å². The highest BCUT2D eigenvalue weighted by Crippen LogP contribution is 2.18. The Morgan fingerprint density at radius 1 is 1.36 bits per heavy atom. The minimum absolute atomic E-state index is 0.0947. The van der Waals surface area contributed by atoms with Crippen molar-refractivity contribution in [3.63, 3.8) is 0 Å². The zero-order valence-corrected chi connectivity index (χ0v) is 8.04. The summed E-state index contributed by atoms with van der Waals surface area (Å²) >= 11 is 0. The maximum Gasteiger partial charge on any atom is 0.345 e. The van der Waals surface area contributed by atoms with Crippen LogP contribution in [0.2, 0.25) is 0 Å². The van der Waals surface area contributed by atoms with E-state index in [1.54, 1.807) is 0 Å². The minimum atomic E-state index is -2.66. The summed E-state index contributed by atoms with van der Waals surface area (Å²) in [6.45, 7) is -0.576. The van der Waals surface area contributed by atoms with Gasteiger partial charge in [-0.1, -0.05) is 31.2 Å². The molecule has 0 aliphatic rings. The highest BCUT2D eigenvalue weighted by Gasteiger charge is 2.07. The van der Waals surface area contributed by atoms with Crippen molar-refractivity contribution in [2.45, 2.75) is 25.9 Å². The molecule has 77 valence electrons. The normalized spacial score (nSPS) is 13.1. The van der Waals surface area contributed by atoms with E-state index in [1.165, 1.54) is 0 Å². The van der Waals surface area contributed by atoms with Crippen LogP contribution in [-0.4, -0.2) is 13.2 Å². The van der Waals surface area contributed by atoms with E-state index < -0.39 is 6.61 Å². The zero-order chi connectivity index (χ0) is 10.4. The quantitative estimate of drug-likeness (QED) is 0.707. The molecule has 1 rings (SSSR count). The van der Waals surface area contributed by atoms with Crippen molar-refractivity contribution in [2.75, 3.05) is 6.61 Å². The van der Waals surface area contributed by atoms with Crippen LogP contribution in [0.15, 0.2) is 24.3 Å². The molecule has 0 spiro atoms. The van der Waals surface area contributed by atoms with Crippen LogP contribution in [0.3, 0.4) is 0 Å². The molecule has 3 heteroatoms. The molecule has 0 saturated carbocycles.